The van der Waals surface area contributed by atoms with Gasteiger partial charge < -0.3 is 9.64 Å². The van der Waals surface area contributed by atoms with Gasteiger partial charge in [-0.05, 0) is 52.6 Å². The number of hydrogen-bond acceptors (Lipinski definition) is 3. The monoisotopic (exact) mass is 227 g/mol. The molecule has 0 amide bonds. The van der Waals surface area contributed by atoms with Crippen molar-refractivity contribution in [2.75, 3.05) is 20.2 Å². The summed E-state index contributed by atoms with van der Waals surface area (Å²) in [6.45, 7) is 5.75. The number of carbonyl (C=O) groups is 1. The quantitative estimate of drug-likeness (QED) is 0.676. The van der Waals surface area contributed by atoms with Crippen LogP contribution >= 0.6 is 0 Å². The summed E-state index contributed by atoms with van der Waals surface area (Å²) in [6, 6.07) is 0.672. The number of rotatable bonds is 5. The fraction of sp³-hybridized carbons (Fsp3) is 0.923. The zero-order valence-corrected chi connectivity index (χ0v) is 10.9. The second kappa shape index (κ2) is 6.89. The highest BCUT2D eigenvalue weighted by molar-refractivity contribution is 5.72. The SMILES string of the molecule is CCCN(C)C1CCC(C(=O)OCC)CC1. The van der Waals surface area contributed by atoms with E-state index in [1.165, 1.54) is 6.42 Å². The van der Waals surface area contributed by atoms with Crippen molar-refractivity contribution in [1.29, 1.82) is 0 Å². The number of nitrogens with zero attached hydrogens (tertiary/aromatic N) is 1. The van der Waals surface area contributed by atoms with Crippen molar-refractivity contribution in [3.05, 3.63) is 0 Å². The minimum Gasteiger partial charge on any atom is -0.466 e. The molecular formula is C13H25NO2. The van der Waals surface area contributed by atoms with Gasteiger partial charge in [0.05, 0.1) is 12.5 Å². The molecule has 1 aliphatic rings. The molecular weight excluding hydrogens is 202 g/mol. The third-order valence-corrected chi connectivity index (χ3v) is 3.52. The van der Waals surface area contributed by atoms with Gasteiger partial charge >= 0.3 is 5.97 Å². The van der Waals surface area contributed by atoms with Crippen LogP contribution < -0.4 is 0 Å². The Kier molecular flexibility index (Phi) is 5.81. The highest BCUT2D eigenvalue weighted by Crippen LogP contribution is 2.27. The van der Waals surface area contributed by atoms with Crippen molar-refractivity contribution < 1.29 is 9.53 Å². The van der Waals surface area contributed by atoms with Gasteiger partial charge in [0.1, 0.15) is 0 Å². The molecule has 0 aromatic rings. The average molecular weight is 227 g/mol. The highest BCUT2D eigenvalue weighted by Gasteiger charge is 2.28. The average Bonchev–Trinajstić information content (AvgIpc) is 2.30. The summed E-state index contributed by atoms with van der Waals surface area (Å²) in [5.41, 5.74) is 0. The van der Waals surface area contributed by atoms with Crippen LogP contribution in [0.4, 0.5) is 0 Å². The molecule has 0 aromatic heterocycles. The van der Waals surface area contributed by atoms with Gasteiger partial charge in [-0.3, -0.25) is 4.79 Å². The molecule has 0 bridgehead atoms. The molecule has 1 aliphatic carbocycles. The first-order chi connectivity index (χ1) is 7.69. The number of hydrogen-bond donors (Lipinski definition) is 0. The van der Waals surface area contributed by atoms with Crippen molar-refractivity contribution in [2.24, 2.45) is 5.92 Å². The van der Waals surface area contributed by atoms with Crippen molar-refractivity contribution in [2.45, 2.75) is 52.0 Å². The van der Waals surface area contributed by atoms with Crippen molar-refractivity contribution in [3.8, 4) is 0 Å². The zero-order chi connectivity index (χ0) is 12.0. The Bertz CT molecular complexity index is 210. The van der Waals surface area contributed by atoms with Crippen LogP contribution in [0.15, 0.2) is 0 Å². The third kappa shape index (κ3) is 3.78. The summed E-state index contributed by atoms with van der Waals surface area (Å²) < 4.78 is 5.07. The largest absolute Gasteiger partial charge is 0.466 e. The Morgan fingerprint density at radius 2 is 1.88 bits per heavy atom. The fourth-order valence-electron chi connectivity index (χ4n) is 2.55. The predicted molar refractivity (Wildman–Crippen MR) is 65.3 cm³/mol. The van der Waals surface area contributed by atoms with E-state index in [1.807, 2.05) is 6.92 Å². The lowest BCUT2D eigenvalue weighted by atomic mass is 9.85. The minimum absolute atomic E-state index is 0.0131. The Morgan fingerprint density at radius 3 is 2.38 bits per heavy atom. The Balaban J connectivity index is 2.30. The molecule has 0 heterocycles. The van der Waals surface area contributed by atoms with Gasteiger partial charge in [0.2, 0.25) is 0 Å². The molecule has 0 atom stereocenters. The van der Waals surface area contributed by atoms with Gasteiger partial charge in [0.25, 0.3) is 0 Å². The predicted octanol–water partition coefficient (Wildman–Crippen LogP) is 2.45. The molecule has 0 N–H and O–H groups in total. The maximum atomic E-state index is 11.6. The van der Waals surface area contributed by atoms with Crippen LogP contribution in [0.3, 0.4) is 0 Å². The maximum Gasteiger partial charge on any atom is 0.308 e. The number of ether oxygens (including phenoxy) is 1. The highest BCUT2D eigenvalue weighted by atomic mass is 16.5. The first-order valence-electron chi connectivity index (χ1n) is 6.55. The summed E-state index contributed by atoms with van der Waals surface area (Å²) in [7, 11) is 2.19. The van der Waals surface area contributed by atoms with E-state index in [-0.39, 0.29) is 11.9 Å². The van der Waals surface area contributed by atoms with Crippen molar-refractivity contribution >= 4 is 5.97 Å². The standard InChI is InChI=1S/C13H25NO2/c1-4-10-14(3)12-8-6-11(7-9-12)13(15)16-5-2/h11-12H,4-10H2,1-3H3. The van der Waals surface area contributed by atoms with Gasteiger partial charge in [0.15, 0.2) is 0 Å². The second-order valence-corrected chi connectivity index (χ2v) is 4.74. The normalized spacial score (nSPS) is 25.8. The maximum absolute atomic E-state index is 11.6. The molecule has 3 heteroatoms. The van der Waals surface area contributed by atoms with E-state index in [2.05, 4.69) is 18.9 Å². The first kappa shape index (κ1) is 13.5. The molecule has 16 heavy (non-hydrogen) atoms. The van der Waals surface area contributed by atoms with Crippen LogP contribution in [0.5, 0.6) is 0 Å². The van der Waals surface area contributed by atoms with E-state index in [1.54, 1.807) is 0 Å². The van der Waals surface area contributed by atoms with Gasteiger partial charge in [-0.2, -0.15) is 0 Å². The van der Waals surface area contributed by atoms with Crippen LogP contribution in [-0.4, -0.2) is 37.1 Å². The van der Waals surface area contributed by atoms with E-state index in [0.29, 0.717) is 12.6 Å². The smallest absolute Gasteiger partial charge is 0.308 e. The molecule has 0 spiro atoms. The van der Waals surface area contributed by atoms with Crippen LogP contribution in [0.1, 0.15) is 46.0 Å². The molecule has 1 rings (SSSR count). The van der Waals surface area contributed by atoms with E-state index >= 15 is 0 Å². The number of carbonyl (C=O) groups excluding carboxylic acids is 1. The summed E-state index contributed by atoms with van der Waals surface area (Å²) in [5.74, 6) is 0.172. The van der Waals surface area contributed by atoms with Crippen molar-refractivity contribution in [1.82, 2.24) is 4.90 Å². The molecule has 1 saturated carbocycles. The summed E-state index contributed by atoms with van der Waals surface area (Å²) in [4.78, 5) is 14.0. The van der Waals surface area contributed by atoms with E-state index < -0.39 is 0 Å². The lowest BCUT2D eigenvalue weighted by Gasteiger charge is -2.33. The number of esters is 1. The fourth-order valence-corrected chi connectivity index (χ4v) is 2.55. The first-order valence-corrected chi connectivity index (χ1v) is 6.55. The van der Waals surface area contributed by atoms with Gasteiger partial charge in [-0.1, -0.05) is 6.92 Å². The minimum atomic E-state index is 0.0131. The van der Waals surface area contributed by atoms with Crippen LogP contribution in [0.2, 0.25) is 0 Å². The van der Waals surface area contributed by atoms with Crippen LogP contribution in [0.25, 0.3) is 0 Å². The van der Waals surface area contributed by atoms with Gasteiger partial charge in [0, 0.05) is 6.04 Å². The molecule has 94 valence electrons. The topological polar surface area (TPSA) is 29.5 Å². The van der Waals surface area contributed by atoms with Crippen LogP contribution in [-0.2, 0) is 9.53 Å². The molecule has 0 unspecified atom stereocenters. The molecule has 0 aliphatic heterocycles. The Labute approximate surface area is 99.1 Å². The second-order valence-electron chi connectivity index (χ2n) is 4.74. The third-order valence-electron chi connectivity index (χ3n) is 3.52. The lowest BCUT2D eigenvalue weighted by molar-refractivity contribution is -0.149. The van der Waals surface area contributed by atoms with Gasteiger partial charge in [-0.15, -0.1) is 0 Å². The molecule has 0 aromatic carbocycles. The lowest BCUT2D eigenvalue weighted by Crippen LogP contribution is -2.37. The van der Waals surface area contributed by atoms with E-state index in [9.17, 15) is 4.79 Å². The molecule has 3 nitrogen and oxygen atoms in total. The van der Waals surface area contributed by atoms with Crippen LogP contribution in [0, 0.1) is 5.92 Å². The molecule has 1 fully saturated rings. The molecule has 0 saturated heterocycles. The van der Waals surface area contributed by atoms with Crippen molar-refractivity contribution in [3.63, 3.8) is 0 Å². The van der Waals surface area contributed by atoms with E-state index in [0.717, 1.165) is 32.2 Å². The summed E-state index contributed by atoms with van der Waals surface area (Å²) in [5, 5.41) is 0. The van der Waals surface area contributed by atoms with E-state index in [4.69, 9.17) is 4.74 Å². The summed E-state index contributed by atoms with van der Waals surface area (Å²) >= 11 is 0. The summed E-state index contributed by atoms with van der Waals surface area (Å²) in [6.07, 6.45) is 5.48. The Hall–Kier alpha value is -0.570. The van der Waals surface area contributed by atoms with Gasteiger partial charge in [-0.25, -0.2) is 0 Å². The Morgan fingerprint density at radius 1 is 1.25 bits per heavy atom. The molecule has 0 radical (unpaired) electrons. The zero-order valence-electron chi connectivity index (χ0n) is 10.9.